The molecule has 0 aromatic heterocycles. The maximum absolute atomic E-state index is 12.4. The van der Waals surface area contributed by atoms with Gasteiger partial charge in [-0.15, -0.1) is 0 Å². The number of rotatable bonds is 4. The first-order valence-corrected chi connectivity index (χ1v) is 5.08. The summed E-state index contributed by atoms with van der Waals surface area (Å²) in [6.45, 7) is 3.47. The van der Waals surface area contributed by atoms with Crippen molar-refractivity contribution < 1.29 is 13.2 Å². The van der Waals surface area contributed by atoms with Gasteiger partial charge in [0.15, 0.2) is 0 Å². The van der Waals surface area contributed by atoms with Crippen LogP contribution in [0.2, 0.25) is 0 Å². The van der Waals surface area contributed by atoms with Crippen LogP contribution in [-0.2, 0) is 6.18 Å². The second-order valence-electron chi connectivity index (χ2n) is 3.33. The van der Waals surface area contributed by atoms with Crippen molar-refractivity contribution in [2.45, 2.75) is 13.1 Å². The second kappa shape index (κ2) is 5.70. The highest BCUT2D eigenvalue weighted by molar-refractivity contribution is 5.50. The normalized spacial score (nSPS) is 12.2. The first-order valence-electron chi connectivity index (χ1n) is 5.08. The smallest absolute Gasteiger partial charge is 0.314 e. The highest BCUT2D eigenvalue weighted by Crippen LogP contribution is 2.29. The molecule has 1 N–H and O–H groups in total. The van der Waals surface area contributed by atoms with Gasteiger partial charge in [0.2, 0.25) is 0 Å². The van der Waals surface area contributed by atoms with Crippen molar-refractivity contribution in [2.75, 3.05) is 13.1 Å². The second-order valence-corrected chi connectivity index (χ2v) is 3.33. The molecule has 0 aliphatic heterocycles. The Bertz CT molecular complexity index is 356. The summed E-state index contributed by atoms with van der Waals surface area (Å²) < 4.78 is 37.1. The van der Waals surface area contributed by atoms with Crippen LogP contribution in [-0.4, -0.2) is 13.1 Å². The van der Waals surface area contributed by atoms with Crippen molar-refractivity contribution in [3.8, 4) is 0 Å². The molecule has 0 spiro atoms. The van der Waals surface area contributed by atoms with Crippen molar-refractivity contribution >= 4 is 6.08 Å². The molecule has 1 nitrogen and oxygen atoms in total. The van der Waals surface area contributed by atoms with E-state index in [1.165, 1.54) is 6.07 Å². The molecule has 0 radical (unpaired) electrons. The predicted molar refractivity (Wildman–Crippen MR) is 59.0 cm³/mol. The van der Waals surface area contributed by atoms with E-state index in [-0.39, 0.29) is 0 Å². The van der Waals surface area contributed by atoms with Crippen LogP contribution >= 0.6 is 0 Å². The van der Waals surface area contributed by atoms with Gasteiger partial charge in [-0.2, -0.15) is 13.2 Å². The van der Waals surface area contributed by atoms with E-state index in [1.54, 1.807) is 18.2 Å². The molecule has 0 heterocycles. The van der Waals surface area contributed by atoms with Gasteiger partial charge < -0.3 is 5.32 Å². The van der Waals surface area contributed by atoms with Crippen LogP contribution in [0, 0.1) is 0 Å². The molecule has 0 aliphatic carbocycles. The number of hydrogen-bond donors (Lipinski definition) is 1. The first-order chi connectivity index (χ1) is 7.54. The molecule has 0 unspecified atom stereocenters. The Morgan fingerprint density at radius 3 is 2.69 bits per heavy atom. The van der Waals surface area contributed by atoms with Gasteiger partial charge in [-0.25, -0.2) is 0 Å². The number of nitrogens with one attached hydrogen (secondary N) is 1. The van der Waals surface area contributed by atoms with Crippen LogP contribution in [0.25, 0.3) is 6.08 Å². The Labute approximate surface area is 93.0 Å². The molecule has 0 saturated carbocycles. The molecule has 4 heteroatoms. The van der Waals surface area contributed by atoms with Crippen molar-refractivity contribution in [2.24, 2.45) is 0 Å². The quantitative estimate of drug-likeness (QED) is 0.781. The summed E-state index contributed by atoms with van der Waals surface area (Å²) in [6.07, 6.45) is -0.789. The van der Waals surface area contributed by atoms with Crippen LogP contribution in [0.3, 0.4) is 0 Å². The van der Waals surface area contributed by atoms with Crippen LogP contribution in [0.15, 0.2) is 30.3 Å². The molecule has 16 heavy (non-hydrogen) atoms. The van der Waals surface area contributed by atoms with Crippen molar-refractivity contribution in [3.63, 3.8) is 0 Å². The molecular formula is C12H14F3N. The summed E-state index contributed by atoms with van der Waals surface area (Å²) in [7, 11) is 0. The van der Waals surface area contributed by atoms with Gasteiger partial charge in [-0.3, -0.25) is 0 Å². The van der Waals surface area contributed by atoms with Crippen LogP contribution in [0.4, 0.5) is 13.2 Å². The average Bonchev–Trinajstić information content (AvgIpc) is 2.24. The Hall–Kier alpha value is -1.29. The highest BCUT2D eigenvalue weighted by atomic mass is 19.4. The predicted octanol–water partition coefficient (Wildman–Crippen LogP) is 3.33. The lowest BCUT2D eigenvalue weighted by Crippen LogP contribution is -2.11. The standard InChI is InChI=1S/C12H14F3N/c1-2-16-8-4-6-10-5-3-7-11(9-10)12(13,14)15/h3-7,9,16H,2,8H2,1H3. The fourth-order valence-electron chi connectivity index (χ4n) is 1.24. The molecule has 0 saturated heterocycles. The van der Waals surface area contributed by atoms with Crippen LogP contribution in [0.5, 0.6) is 0 Å². The lowest BCUT2D eigenvalue weighted by atomic mass is 10.1. The van der Waals surface area contributed by atoms with E-state index >= 15 is 0 Å². The minimum atomic E-state index is -4.27. The summed E-state index contributed by atoms with van der Waals surface area (Å²) in [6, 6.07) is 5.28. The molecular weight excluding hydrogens is 215 g/mol. The SMILES string of the molecule is CCNCC=Cc1cccc(C(F)(F)F)c1. The third-order valence-corrected chi connectivity index (χ3v) is 2.04. The van der Waals surface area contributed by atoms with Gasteiger partial charge in [0.05, 0.1) is 5.56 Å². The largest absolute Gasteiger partial charge is 0.416 e. The highest BCUT2D eigenvalue weighted by Gasteiger charge is 2.30. The topological polar surface area (TPSA) is 12.0 Å². The fourth-order valence-corrected chi connectivity index (χ4v) is 1.24. The number of halogens is 3. The van der Waals surface area contributed by atoms with E-state index < -0.39 is 11.7 Å². The summed E-state index contributed by atoms with van der Waals surface area (Å²) in [4.78, 5) is 0. The van der Waals surface area contributed by atoms with E-state index in [4.69, 9.17) is 0 Å². The summed E-state index contributed by atoms with van der Waals surface area (Å²) in [5.74, 6) is 0. The van der Waals surface area contributed by atoms with Gasteiger partial charge >= 0.3 is 6.18 Å². The number of benzene rings is 1. The first kappa shape index (κ1) is 12.8. The van der Waals surface area contributed by atoms with E-state index in [2.05, 4.69) is 5.32 Å². The molecule has 1 aromatic carbocycles. The molecule has 88 valence electrons. The monoisotopic (exact) mass is 229 g/mol. The molecule has 0 fully saturated rings. The minimum absolute atomic E-state index is 0.563. The van der Waals surface area contributed by atoms with Gasteiger partial charge in [0, 0.05) is 6.54 Å². The Morgan fingerprint density at radius 1 is 1.31 bits per heavy atom. The lowest BCUT2D eigenvalue weighted by Gasteiger charge is -2.06. The molecule has 0 atom stereocenters. The molecule has 0 amide bonds. The molecule has 1 aromatic rings. The Morgan fingerprint density at radius 2 is 2.06 bits per heavy atom. The molecule has 0 bridgehead atoms. The molecule has 1 rings (SSSR count). The fraction of sp³-hybridized carbons (Fsp3) is 0.333. The van der Waals surface area contributed by atoms with E-state index in [0.717, 1.165) is 18.7 Å². The minimum Gasteiger partial charge on any atom is -0.314 e. The van der Waals surface area contributed by atoms with Crippen LogP contribution in [0.1, 0.15) is 18.1 Å². The summed E-state index contributed by atoms with van der Waals surface area (Å²) in [5.41, 5.74) is -0.0502. The average molecular weight is 229 g/mol. The zero-order chi connectivity index (χ0) is 12.0. The Kier molecular flexibility index (Phi) is 4.55. The zero-order valence-corrected chi connectivity index (χ0v) is 9.01. The third-order valence-electron chi connectivity index (χ3n) is 2.04. The van der Waals surface area contributed by atoms with Crippen molar-refractivity contribution in [1.29, 1.82) is 0 Å². The van der Waals surface area contributed by atoms with E-state index in [1.807, 2.05) is 6.92 Å². The van der Waals surface area contributed by atoms with E-state index in [0.29, 0.717) is 12.1 Å². The molecule has 0 aliphatic rings. The summed E-state index contributed by atoms with van der Waals surface area (Å²) >= 11 is 0. The van der Waals surface area contributed by atoms with Crippen molar-refractivity contribution in [1.82, 2.24) is 5.32 Å². The third kappa shape index (κ3) is 4.06. The van der Waals surface area contributed by atoms with Crippen molar-refractivity contribution in [3.05, 3.63) is 41.5 Å². The number of hydrogen-bond acceptors (Lipinski definition) is 1. The lowest BCUT2D eigenvalue weighted by molar-refractivity contribution is -0.137. The number of alkyl halides is 3. The summed E-state index contributed by atoms with van der Waals surface area (Å²) in [5, 5.41) is 3.05. The maximum Gasteiger partial charge on any atom is 0.416 e. The Balaban J connectivity index is 2.71. The van der Waals surface area contributed by atoms with Crippen LogP contribution < -0.4 is 5.32 Å². The van der Waals surface area contributed by atoms with Gasteiger partial charge in [-0.05, 0) is 24.2 Å². The van der Waals surface area contributed by atoms with Gasteiger partial charge in [0.1, 0.15) is 0 Å². The van der Waals surface area contributed by atoms with Gasteiger partial charge in [0.25, 0.3) is 0 Å². The van der Waals surface area contributed by atoms with Gasteiger partial charge in [-0.1, -0.05) is 31.2 Å². The maximum atomic E-state index is 12.4. The zero-order valence-electron chi connectivity index (χ0n) is 9.01. The number of likely N-dealkylation sites (N-methyl/N-ethyl adjacent to an activating group) is 1. The van der Waals surface area contributed by atoms with E-state index in [9.17, 15) is 13.2 Å².